The van der Waals surface area contributed by atoms with Crippen molar-refractivity contribution in [2.75, 3.05) is 0 Å². The minimum Gasteiger partial charge on any atom is -0.487 e. The summed E-state index contributed by atoms with van der Waals surface area (Å²) in [6, 6.07) is 8.98. The fraction of sp³-hybridized carbons (Fsp3) is 0.0769. The average molecular weight is 306 g/mol. The van der Waals surface area contributed by atoms with Gasteiger partial charge in [-0.1, -0.05) is 34.8 Å². The Kier molecular flexibility index (Phi) is 4.33. The molecule has 0 aliphatic heterocycles. The molecule has 0 saturated carbocycles. The predicted octanol–water partition coefficient (Wildman–Crippen LogP) is 5.36. The Hall–Kier alpha value is -0.960. The SMILES string of the molecule is Fc1ccc(Cl)c(COc2cc(Cl)ccc2Cl)c1. The first-order valence-corrected chi connectivity index (χ1v) is 6.21. The van der Waals surface area contributed by atoms with Crippen molar-refractivity contribution in [2.24, 2.45) is 0 Å². The Bertz CT molecular complexity index is 521. The molecule has 0 spiro atoms. The number of benzene rings is 2. The molecule has 0 fully saturated rings. The number of ether oxygens (including phenoxy) is 1. The lowest BCUT2D eigenvalue weighted by atomic mass is 10.2. The molecule has 0 amide bonds. The van der Waals surface area contributed by atoms with Crippen molar-refractivity contribution in [2.45, 2.75) is 6.61 Å². The van der Waals surface area contributed by atoms with Crippen LogP contribution in [0.15, 0.2) is 36.4 Å². The Morgan fingerprint density at radius 1 is 0.944 bits per heavy atom. The van der Waals surface area contributed by atoms with Crippen LogP contribution in [-0.4, -0.2) is 0 Å². The first kappa shape index (κ1) is 13.5. The first-order valence-electron chi connectivity index (χ1n) is 5.08. The third-order valence-corrected chi connectivity index (χ3v) is 3.20. The number of hydrogen-bond acceptors (Lipinski definition) is 1. The van der Waals surface area contributed by atoms with E-state index in [1.165, 1.54) is 18.2 Å². The summed E-state index contributed by atoms with van der Waals surface area (Å²) in [7, 11) is 0. The topological polar surface area (TPSA) is 9.23 Å². The van der Waals surface area contributed by atoms with Crippen molar-refractivity contribution in [1.29, 1.82) is 0 Å². The maximum absolute atomic E-state index is 13.1. The van der Waals surface area contributed by atoms with Crippen molar-refractivity contribution in [3.8, 4) is 5.75 Å². The molecule has 0 radical (unpaired) electrons. The molecular formula is C13H8Cl3FO. The molecule has 0 heterocycles. The second-order valence-electron chi connectivity index (χ2n) is 3.60. The molecule has 1 nitrogen and oxygen atoms in total. The lowest BCUT2D eigenvalue weighted by molar-refractivity contribution is 0.306. The van der Waals surface area contributed by atoms with E-state index in [0.717, 1.165) is 0 Å². The lowest BCUT2D eigenvalue weighted by Crippen LogP contribution is -1.97. The standard InChI is InChI=1S/C13H8Cl3FO/c14-9-1-3-12(16)13(6-9)18-7-8-5-10(17)2-4-11(8)15/h1-6H,7H2. The zero-order valence-corrected chi connectivity index (χ0v) is 11.4. The van der Waals surface area contributed by atoms with Gasteiger partial charge in [0.1, 0.15) is 18.2 Å². The summed E-state index contributed by atoms with van der Waals surface area (Å²) >= 11 is 17.7. The third-order valence-electron chi connectivity index (χ3n) is 2.28. The van der Waals surface area contributed by atoms with E-state index in [-0.39, 0.29) is 12.4 Å². The highest BCUT2D eigenvalue weighted by Crippen LogP contribution is 2.29. The van der Waals surface area contributed by atoms with Gasteiger partial charge in [-0.2, -0.15) is 0 Å². The molecule has 5 heteroatoms. The molecule has 0 N–H and O–H groups in total. The minimum atomic E-state index is -0.366. The predicted molar refractivity (Wildman–Crippen MR) is 72.2 cm³/mol. The number of halogens is 4. The molecule has 0 bridgehead atoms. The van der Waals surface area contributed by atoms with E-state index >= 15 is 0 Å². The Balaban J connectivity index is 2.16. The van der Waals surface area contributed by atoms with Crippen LogP contribution in [0, 0.1) is 5.82 Å². The van der Waals surface area contributed by atoms with E-state index in [1.54, 1.807) is 18.2 Å². The van der Waals surface area contributed by atoms with Crippen molar-refractivity contribution < 1.29 is 9.13 Å². The van der Waals surface area contributed by atoms with E-state index in [1.807, 2.05) is 0 Å². The van der Waals surface area contributed by atoms with Crippen LogP contribution in [0.3, 0.4) is 0 Å². The van der Waals surface area contributed by atoms with Gasteiger partial charge in [-0.15, -0.1) is 0 Å². The van der Waals surface area contributed by atoms with Gasteiger partial charge in [0.05, 0.1) is 5.02 Å². The van der Waals surface area contributed by atoms with E-state index in [0.29, 0.717) is 26.4 Å². The Morgan fingerprint density at radius 3 is 2.44 bits per heavy atom. The van der Waals surface area contributed by atoms with Crippen LogP contribution in [0.5, 0.6) is 5.75 Å². The van der Waals surface area contributed by atoms with Gasteiger partial charge < -0.3 is 4.74 Å². The molecule has 0 aliphatic carbocycles. The van der Waals surface area contributed by atoms with E-state index in [4.69, 9.17) is 39.5 Å². The molecule has 18 heavy (non-hydrogen) atoms. The summed E-state index contributed by atoms with van der Waals surface area (Å²) < 4.78 is 18.5. The van der Waals surface area contributed by atoms with Crippen LogP contribution in [0.2, 0.25) is 15.1 Å². The summed E-state index contributed by atoms with van der Waals surface area (Å²) in [4.78, 5) is 0. The van der Waals surface area contributed by atoms with Crippen molar-refractivity contribution >= 4 is 34.8 Å². The molecule has 0 aliphatic rings. The normalized spacial score (nSPS) is 10.4. The second-order valence-corrected chi connectivity index (χ2v) is 4.85. The average Bonchev–Trinajstić information content (AvgIpc) is 2.34. The zero-order valence-electron chi connectivity index (χ0n) is 9.09. The largest absolute Gasteiger partial charge is 0.487 e. The molecule has 0 atom stereocenters. The van der Waals surface area contributed by atoms with Gasteiger partial charge in [0.15, 0.2) is 0 Å². The van der Waals surface area contributed by atoms with Crippen LogP contribution in [0.4, 0.5) is 4.39 Å². The maximum atomic E-state index is 13.1. The van der Waals surface area contributed by atoms with Crippen LogP contribution >= 0.6 is 34.8 Å². The monoisotopic (exact) mass is 304 g/mol. The third kappa shape index (κ3) is 3.29. The van der Waals surface area contributed by atoms with Crippen LogP contribution in [0.25, 0.3) is 0 Å². The molecule has 2 aromatic carbocycles. The summed E-state index contributed by atoms with van der Waals surface area (Å²) in [5.41, 5.74) is 0.549. The molecule has 94 valence electrons. The molecule has 0 aromatic heterocycles. The molecule has 2 aromatic rings. The first-order chi connectivity index (χ1) is 8.56. The van der Waals surface area contributed by atoms with Gasteiger partial charge >= 0.3 is 0 Å². The van der Waals surface area contributed by atoms with Crippen LogP contribution in [-0.2, 0) is 6.61 Å². The fourth-order valence-electron chi connectivity index (χ4n) is 1.40. The van der Waals surface area contributed by atoms with Gasteiger partial charge in [-0.3, -0.25) is 0 Å². The highest BCUT2D eigenvalue weighted by atomic mass is 35.5. The second kappa shape index (κ2) is 5.79. The lowest BCUT2D eigenvalue weighted by Gasteiger charge is -2.09. The van der Waals surface area contributed by atoms with Gasteiger partial charge in [0.2, 0.25) is 0 Å². The van der Waals surface area contributed by atoms with Crippen molar-refractivity contribution in [3.63, 3.8) is 0 Å². The summed E-state index contributed by atoms with van der Waals surface area (Å²) in [6.07, 6.45) is 0. The Labute approximate surface area is 119 Å². The number of hydrogen-bond donors (Lipinski definition) is 0. The highest BCUT2D eigenvalue weighted by Gasteiger charge is 2.06. The molecular weight excluding hydrogens is 297 g/mol. The maximum Gasteiger partial charge on any atom is 0.139 e. The molecule has 0 saturated heterocycles. The van der Waals surface area contributed by atoms with E-state index in [2.05, 4.69) is 0 Å². The van der Waals surface area contributed by atoms with Gasteiger partial charge in [-0.05, 0) is 30.3 Å². The molecule has 0 unspecified atom stereocenters. The van der Waals surface area contributed by atoms with Gasteiger partial charge in [0, 0.05) is 21.7 Å². The summed E-state index contributed by atoms with van der Waals surface area (Å²) in [6.45, 7) is 0.122. The highest BCUT2D eigenvalue weighted by molar-refractivity contribution is 6.34. The quantitative estimate of drug-likeness (QED) is 0.741. The van der Waals surface area contributed by atoms with E-state index in [9.17, 15) is 4.39 Å². The van der Waals surface area contributed by atoms with Crippen LogP contribution in [0.1, 0.15) is 5.56 Å². The van der Waals surface area contributed by atoms with Crippen molar-refractivity contribution in [3.05, 3.63) is 62.8 Å². The fourth-order valence-corrected chi connectivity index (χ4v) is 1.90. The smallest absolute Gasteiger partial charge is 0.139 e. The zero-order chi connectivity index (χ0) is 13.1. The van der Waals surface area contributed by atoms with Gasteiger partial charge in [0.25, 0.3) is 0 Å². The minimum absolute atomic E-state index is 0.122. The number of rotatable bonds is 3. The van der Waals surface area contributed by atoms with Crippen molar-refractivity contribution in [1.82, 2.24) is 0 Å². The molecule has 2 rings (SSSR count). The van der Waals surface area contributed by atoms with Crippen LogP contribution < -0.4 is 4.74 Å². The van der Waals surface area contributed by atoms with E-state index < -0.39 is 0 Å². The van der Waals surface area contributed by atoms with Gasteiger partial charge in [-0.25, -0.2) is 4.39 Å². The summed E-state index contributed by atoms with van der Waals surface area (Å²) in [5.74, 6) is 0.0692. The summed E-state index contributed by atoms with van der Waals surface area (Å²) in [5, 5.41) is 1.39. The Morgan fingerprint density at radius 2 is 1.67 bits per heavy atom.